The first kappa shape index (κ1) is 13.5. The molecule has 0 aliphatic carbocycles. The Kier molecular flexibility index (Phi) is 3.75. The maximum absolute atomic E-state index is 13.0. The van der Waals surface area contributed by atoms with Crippen molar-refractivity contribution < 1.29 is 9.50 Å². The lowest BCUT2D eigenvalue weighted by molar-refractivity contribution is 0.275. The van der Waals surface area contributed by atoms with Gasteiger partial charge < -0.3 is 5.11 Å². The van der Waals surface area contributed by atoms with Gasteiger partial charge in [-0.05, 0) is 29.8 Å². The third-order valence-electron chi connectivity index (χ3n) is 3.28. The molecule has 21 heavy (non-hydrogen) atoms. The topological polar surface area (TPSA) is 50.9 Å². The van der Waals surface area contributed by atoms with Crippen LogP contribution in [0.2, 0.25) is 0 Å². The van der Waals surface area contributed by atoms with Crippen molar-refractivity contribution >= 4 is 0 Å². The number of aliphatic hydroxyl groups is 1. The van der Waals surface area contributed by atoms with Gasteiger partial charge in [-0.3, -0.25) is 0 Å². The monoisotopic (exact) mass is 283 g/mol. The van der Waals surface area contributed by atoms with E-state index >= 15 is 0 Å². The normalized spacial score (nSPS) is 10.8. The van der Waals surface area contributed by atoms with E-state index in [4.69, 9.17) is 0 Å². The Morgan fingerprint density at radius 1 is 1.00 bits per heavy atom. The van der Waals surface area contributed by atoms with Crippen LogP contribution in [0, 0.1) is 5.82 Å². The van der Waals surface area contributed by atoms with Crippen molar-refractivity contribution in [2.75, 3.05) is 0 Å². The van der Waals surface area contributed by atoms with Gasteiger partial charge in [0.15, 0.2) is 0 Å². The maximum atomic E-state index is 13.0. The number of nitrogens with zero attached hydrogens (tertiary/aromatic N) is 3. The summed E-state index contributed by atoms with van der Waals surface area (Å²) in [5.41, 5.74) is 3.14. The molecule has 0 fully saturated rings. The van der Waals surface area contributed by atoms with E-state index in [9.17, 15) is 9.50 Å². The summed E-state index contributed by atoms with van der Waals surface area (Å²) in [7, 11) is 0. The van der Waals surface area contributed by atoms with Gasteiger partial charge in [0.2, 0.25) is 0 Å². The lowest BCUT2D eigenvalue weighted by Crippen LogP contribution is -2.05. The zero-order chi connectivity index (χ0) is 14.7. The van der Waals surface area contributed by atoms with Crippen LogP contribution in [0.5, 0.6) is 0 Å². The van der Waals surface area contributed by atoms with Gasteiger partial charge in [0.05, 0.1) is 18.0 Å². The van der Waals surface area contributed by atoms with Crippen LogP contribution in [0.4, 0.5) is 4.39 Å². The van der Waals surface area contributed by atoms with E-state index in [1.165, 1.54) is 12.1 Å². The number of benzene rings is 2. The minimum absolute atomic E-state index is 0.177. The predicted molar refractivity (Wildman–Crippen MR) is 76.5 cm³/mol. The van der Waals surface area contributed by atoms with Gasteiger partial charge in [0.1, 0.15) is 11.5 Å². The fourth-order valence-electron chi connectivity index (χ4n) is 2.21. The highest BCUT2D eigenvalue weighted by molar-refractivity contribution is 5.35. The minimum Gasteiger partial charge on any atom is -0.390 e. The summed E-state index contributed by atoms with van der Waals surface area (Å²) >= 11 is 0. The molecule has 0 saturated heterocycles. The standard InChI is InChI=1S/C16H14FN3O/c17-13-6-8-14(9-7-13)20-16(15(11-21)18-19-20)10-12-4-2-1-3-5-12/h1-9,21H,10-11H2. The Morgan fingerprint density at radius 2 is 1.71 bits per heavy atom. The summed E-state index contributed by atoms with van der Waals surface area (Å²) in [5.74, 6) is -0.300. The average molecular weight is 283 g/mol. The molecule has 0 atom stereocenters. The largest absolute Gasteiger partial charge is 0.390 e. The highest BCUT2D eigenvalue weighted by Crippen LogP contribution is 2.17. The van der Waals surface area contributed by atoms with Crippen LogP contribution in [-0.2, 0) is 13.0 Å². The zero-order valence-electron chi connectivity index (χ0n) is 11.3. The van der Waals surface area contributed by atoms with Crippen LogP contribution in [0.3, 0.4) is 0 Å². The highest BCUT2D eigenvalue weighted by Gasteiger charge is 2.14. The van der Waals surface area contributed by atoms with Crippen LogP contribution in [0.1, 0.15) is 17.0 Å². The van der Waals surface area contributed by atoms with Crippen molar-refractivity contribution in [1.82, 2.24) is 15.0 Å². The Balaban J connectivity index is 2.02. The molecular formula is C16H14FN3O. The molecule has 0 spiro atoms. The van der Waals surface area contributed by atoms with E-state index in [0.717, 1.165) is 16.9 Å². The number of hydrogen-bond acceptors (Lipinski definition) is 3. The van der Waals surface area contributed by atoms with Gasteiger partial charge in [-0.2, -0.15) is 0 Å². The average Bonchev–Trinajstić information content (AvgIpc) is 2.92. The third-order valence-corrected chi connectivity index (χ3v) is 3.28. The van der Waals surface area contributed by atoms with E-state index < -0.39 is 0 Å². The first-order valence-corrected chi connectivity index (χ1v) is 6.62. The Morgan fingerprint density at radius 3 is 2.38 bits per heavy atom. The van der Waals surface area contributed by atoms with Crippen LogP contribution in [0.15, 0.2) is 54.6 Å². The van der Waals surface area contributed by atoms with Crippen LogP contribution in [0.25, 0.3) is 5.69 Å². The summed E-state index contributed by atoms with van der Waals surface area (Å²) in [6.07, 6.45) is 0.598. The smallest absolute Gasteiger partial charge is 0.123 e. The number of rotatable bonds is 4. The van der Waals surface area contributed by atoms with E-state index in [1.807, 2.05) is 30.3 Å². The van der Waals surface area contributed by atoms with E-state index in [2.05, 4.69) is 10.3 Å². The Hall–Kier alpha value is -2.53. The minimum atomic E-state index is -0.300. The van der Waals surface area contributed by atoms with Crippen LogP contribution >= 0.6 is 0 Å². The van der Waals surface area contributed by atoms with Gasteiger partial charge in [-0.25, -0.2) is 9.07 Å². The molecular weight excluding hydrogens is 269 g/mol. The predicted octanol–water partition coefficient (Wildman–Crippen LogP) is 2.49. The van der Waals surface area contributed by atoms with Crippen LogP contribution < -0.4 is 0 Å². The molecule has 2 aromatic carbocycles. The number of aliphatic hydroxyl groups excluding tert-OH is 1. The fraction of sp³-hybridized carbons (Fsp3) is 0.125. The molecule has 0 saturated carbocycles. The van der Waals surface area contributed by atoms with Crippen molar-refractivity contribution in [2.24, 2.45) is 0 Å². The lowest BCUT2D eigenvalue weighted by Gasteiger charge is -2.08. The van der Waals surface area contributed by atoms with Gasteiger partial charge in [0, 0.05) is 6.42 Å². The van der Waals surface area contributed by atoms with Crippen molar-refractivity contribution in [3.05, 3.63) is 77.4 Å². The second kappa shape index (κ2) is 5.85. The summed E-state index contributed by atoms with van der Waals surface area (Å²) in [5, 5.41) is 17.5. The number of halogens is 1. The molecule has 0 bridgehead atoms. The molecule has 0 amide bonds. The molecule has 1 aromatic heterocycles. The fourth-order valence-corrected chi connectivity index (χ4v) is 2.21. The van der Waals surface area contributed by atoms with Gasteiger partial charge in [0.25, 0.3) is 0 Å². The first-order chi connectivity index (χ1) is 10.3. The summed E-state index contributed by atoms with van der Waals surface area (Å²) in [4.78, 5) is 0. The highest BCUT2D eigenvalue weighted by atomic mass is 19.1. The number of hydrogen-bond donors (Lipinski definition) is 1. The Bertz CT molecular complexity index is 723. The molecule has 3 aromatic rings. The van der Waals surface area contributed by atoms with Crippen molar-refractivity contribution in [1.29, 1.82) is 0 Å². The molecule has 5 heteroatoms. The summed E-state index contributed by atoms with van der Waals surface area (Å²) < 4.78 is 14.7. The van der Waals surface area contributed by atoms with Crippen LogP contribution in [-0.4, -0.2) is 20.1 Å². The lowest BCUT2D eigenvalue weighted by atomic mass is 10.1. The van der Waals surface area contributed by atoms with Gasteiger partial charge >= 0.3 is 0 Å². The molecule has 1 heterocycles. The molecule has 1 N–H and O–H groups in total. The third kappa shape index (κ3) is 2.83. The van der Waals surface area contributed by atoms with E-state index in [-0.39, 0.29) is 12.4 Å². The SMILES string of the molecule is OCc1nnn(-c2ccc(F)cc2)c1Cc1ccccc1. The van der Waals surface area contributed by atoms with Gasteiger partial charge in [-0.15, -0.1) is 5.10 Å². The molecule has 0 radical (unpaired) electrons. The van der Waals surface area contributed by atoms with Crippen molar-refractivity contribution in [3.8, 4) is 5.69 Å². The second-order valence-corrected chi connectivity index (χ2v) is 4.69. The first-order valence-electron chi connectivity index (χ1n) is 6.62. The molecule has 3 rings (SSSR count). The van der Waals surface area contributed by atoms with E-state index in [1.54, 1.807) is 16.8 Å². The second-order valence-electron chi connectivity index (χ2n) is 4.69. The molecule has 0 aliphatic heterocycles. The molecule has 0 aliphatic rings. The Labute approximate surface area is 121 Å². The zero-order valence-corrected chi connectivity index (χ0v) is 11.3. The quantitative estimate of drug-likeness (QED) is 0.800. The molecule has 106 valence electrons. The summed E-state index contributed by atoms with van der Waals surface area (Å²) in [6, 6.07) is 15.9. The van der Waals surface area contributed by atoms with E-state index in [0.29, 0.717) is 12.1 Å². The maximum Gasteiger partial charge on any atom is 0.123 e. The van der Waals surface area contributed by atoms with Crippen molar-refractivity contribution in [2.45, 2.75) is 13.0 Å². The molecule has 0 unspecified atom stereocenters. The molecule has 4 nitrogen and oxygen atoms in total. The van der Waals surface area contributed by atoms with Crippen molar-refractivity contribution in [3.63, 3.8) is 0 Å². The summed E-state index contributed by atoms with van der Waals surface area (Å²) in [6.45, 7) is -0.177. The number of aromatic nitrogens is 3. The van der Waals surface area contributed by atoms with Gasteiger partial charge in [-0.1, -0.05) is 35.5 Å².